The Labute approximate surface area is 89.3 Å². The van der Waals surface area contributed by atoms with E-state index in [9.17, 15) is 9.90 Å². The van der Waals surface area contributed by atoms with E-state index in [1.807, 2.05) is 6.07 Å². The van der Waals surface area contributed by atoms with Crippen molar-refractivity contribution >= 4 is 11.6 Å². The van der Waals surface area contributed by atoms with Gasteiger partial charge in [0.05, 0.1) is 0 Å². The fourth-order valence-corrected chi connectivity index (χ4v) is 1.92. The Bertz CT molecular complexity index is 362. The largest absolute Gasteiger partial charge is 0.508 e. The van der Waals surface area contributed by atoms with Crippen LogP contribution in [0.1, 0.15) is 25.7 Å². The molecule has 1 heterocycles. The first-order valence-corrected chi connectivity index (χ1v) is 5.37. The van der Waals surface area contributed by atoms with Crippen LogP contribution in [0.25, 0.3) is 0 Å². The molecule has 3 nitrogen and oxygen atoms in total. The molecule has 0 atom stereocenters. The zero-order chi connectivity index (χ0) is 10.7. The van der Waals surface area contributed by atoms with Crippen LogP contribution in [0, 0.1) is 0 Å². The van der Waals surface area contributed by atoms with E-state index >= 15 is 0 Å². The predicted octanol–water partition coefficient (Wildman–Crippen LogP) is 2.30. The monoisotopic (exact) mass is 205 g/mol. The number of carbonyl (C=O) groups is 1. The highest BCUT2D eigenvalue weighted by Gasteiger charge is 2.17. The molecule has 1 amide bonds. The smallest absolute Gasteiger partial charge is 0.226 e. The highest BCUT2D eigenvalue weighted by molar-refractivity contribution is 5.93. The van der Waals surface area contributed by atoms with E-state index in [4.69, 9.17) is 0 Å². The van der Waals surface area contributed by atoms with E-state index < -0.39 is 0 Å². The average molecular weight is 205 g/mol. The molecule has 1 aromatic carbocycles. The summed E-state index contributed by atoms with van der Waals surface area (Å²) >= 11 is 0. The lowest BCUT2D eigenvalue weighted by Gasteiger charge is -2.20. The zero-order valence-corrected chi connectivity index (χ0v) is 8.65. The van der Waals surface area contributed by atoms with Crippen molar-refractivity contribution in [3.63, 3.8) is 0 Å². The molecule has 1 aromatic rings. The van der Waals surface area contributed by atoms with Crippen molar-refractivity contribution in [1.29, 1.82) is 0 Å². The molecule has 0 unspecified atom stereocenters. The summed E-state index contributed by atoms with van der Waals surface area (Å²) in [4.78, 5) is 13.5. The lowest BCUT2D eigenvalue weighted by molar-refractivity contribution is -0.118. The standard InChI is InChI=1S/C12H15NO2/c14-11-6-4-5-10(9-11)13-8-3-1-2-7-12(13)15/h4-6,9,14H,1-3,7-8H2. The summed E-state index contributed by atoms with van der Waals surface area (Å²) in [6.07, 6.45) is 3.76. The summed E-state index contributed by atoms with van der Waals surface area (Å²) in [5, 5.41) is 9.36. The lowest BCUT2D eigenvalue weighted by atomic mass is 10.2. The minimum atomic E-state index is 0.165. The second-order valence-electron chi connectivity index (χ2n) is 3.88. The van der Waals surface area contributed by atoms with Gasteiger partial charge in [0, 0.05) is 24.7 Å². The van der Waals surface area contributed by atoms with Crippen LogP contribution in [0.2, 0.25) is 0 Å². The van der Waals surface area contributed by atoms with Gasteiger partial charge in [-0.25, -0.2) is 0 Å². The number of nitrogens with zero attached hydrogens (tertiary/aromatic N) is 1. The SMILES string of the molecule is O=C1CCCCCN1c1cccc(O)c1. The summed E-state index contributed by atoms with van der Waals surface area (Å²) in [6.45, 7) is 0.766. The first-order valence-electron chi connectivity index (χ1n) is 5.37. The van der Waals surface area contributed by atoms with Gasteiger partial charge in [0.2, 0.25) is 5.91 Å². The second kappa shape index (κ2) is 4.34. The molecule has 0 saturated carbocycles. The van der Waals surface area contributed by atoms with Crippen LogP contribution in [0.5, 0.6) is 5.75 Å². The highest BCUT2D eigenvalue weighted by atomic mass is 16.3. The Morgan fingerprint density at radius 1 is 1.20 bits per heavy atom. The number of benzene rings is 1. The van der Waals surface area contributed by atoms with Crippen molar-refractivity contribution in [2.75, 3.05) is 11.4 Å². The van der Waals surface area contributed by atoms with E-state index in [1.165, 1.54) is 0 Å². The third-order valence-electron chi connectivity index (χ3n) is 2.71. The number of hydrogen-bond donors (Lipinski definition) is 1. The van der Waals surface area contributed by atoms with Crippen LogP contribution >= 0.6 is 0 Å². The van der Waals surface area contributed by atoms with Crippen molar-refractivity contribution in [3.8, 4) is 5.75 Å². The van der Waals surface area contributed by atoms with Crippen molar-refractivity contribution in [1.82, 2.24) is 0 Å². The summed E-state index contributed by atoms with van der Waals surface area (Å²) in [5.74, 6) is 0.377. The van der Waals surface area contributed by atoms with Crippen LogP contribution in [-0.2, 0) is 4.79 Å². The molecule has 0 aliphatic carbocycles. The summed E-state index contributed by atoms with van der Waals surface area (Å²) in [7, 11) is 0. The Morgan fingerprint density at radius 3 is 2.87 bits per heavy atom. The van der Waals surface area contributed by atoms with Gasteiger partial charge in [0.1, 0.15) is 5.75 Å². The molecule has 1 aliphatic rings. The van der Waals surface area contributed by atoms with Gasteiger partial charge in [0.15, 0.2) is 0 Å². The number of rotatable bonds is 1. The molecule has 1 saturated heterocycles. The van der Waals surface area contributed by atoms with Gasteiger partial charge in [0.25, 0.3) is 0 Å². The van der Waals surface area contributed by atoms with Crippen LogP contribution in [0.3, 0.4) is 0 Å². The number of amides is 1. The molecular weight excluding hydrogens is 190 g/mol. The fourth-order valence-electron chi connectivity index (χ4n) is 1.92. The minimum absolute atomic E-state index is 0.165. The van der Waals surface area contributed by atoms with Crippen LogP contribution in [-0.4, -0.2) is 17.6 Å². The molecule has 0 radical (unpaired) electrons. The molecule has 2 rings (SSSR count). The lowest BCUT2D eigenvalue weighted by Crippen LogP contribution is -2.29. The maximum absolute atomic E-state index is 11.8. The van der Waals surface area contributed by atoms with Crippen LogP contribution in [0.15, 0.2) is 24.3 Å². The molecule has 0 bridgehead atoms. The van der Waals surface area contributed by atoms with E-state index in [0.717, 1.165) is 31.5 Å². The van der Waals surface area contributed by atoms with Gasteiger partial charge in [-0.05, 0) is 25.0 Å². The fraction of sp³-hybridized carbons (Fsp3) is 0.417. The molecule has 0 aromatic heterocycles. The van der Waals surface area contributed by atoms with Crippen molar-refractivity contribution in [2.45, 2.75) is 25.7 Å². The van der Waals surface area contributed by atoms with Gasteiger partial charge < -0.3 is 10.0 Å². The average Bonchev–Trinajstić information content (AvgIpc) is 2.43. The molecule has 15 heavy (non-hydrogen) atoms. The number of phenolic OH excluding ortho intramolecular Hbond substituents is 1. The van der Waals surface area contributed by atoms with Gasteiger partial charge in [-0.15, -0.1) is 0 Å². The van der Waals surface area contributed by atoms with E-state index in [0.29, 0.717) is 6.42 Å². The zero-order valence-electron chi connectivity index (χ0n) is 8.65. The van der Waals surface area contributed by atoms with Gasteiger partial charge in [-0.2, -0.15) is 0 Å². The van der Waals surface area contributed by atoms with Crippen molar-refractivity contribution < 1.29 is 9.90 Å². The Morgan fingerprint density at radius 2 is 2.07 bits per heavy atom. The number of hydrogen-bond acceptors (Lipinski definition) is 2. The van der Waals surface area contributed by atoms with Crippen LogP contribution in [0.4, 0.5) is 5.69 Å². The Kier molecular flexibility index (Phi) is 2.90. The summed E-state index contributed by atoms with van der Waals surface area (Å²) in [6, 6.07) is 6.89. The van der Waals surface area contributed by atoms with Gasteiger partial charge in [-0.1, -0.05) is 12.5 Å². The summed E-state index contributed by atoms with van der Waals surface area (Å²) < 4.78 is 0. The van der Waals surface area contributed by atoms with Crippen molar-refractivity contribution in [3.05, 3.63) is 24.3 Å². The molecular formula is C12H15NO2. The quantitative estimate of drug-likeness (QED) is 0.764. The first kappa shape index (κ1) is 10.0. The molecule has 1 fully saturated rings. The second-order valence-corrected chi connectivity index (χ2v) is 3.88. The minimum Gasteiger partial charge on any atom is -0.508 e. The highest BCUT2D eigenvalue weighted by Crippen LogP contribution is 2.23. The number of anilines is 1. The third-order valence-corrected chi connectivity index (χ3v) is 2.71. The number of phenols is 1. The molecule has 1 aliphatic heterocycles. The topological polar surface area (TPSA) is 40.5 Å². The summed E-state index contributed by atoms with van der Waals surface area (Å²) in [5.41, 5.74) is 0.807. The van der Waals surface area contributed by atoms with Gasteiger partial charge >= 0.3 is 0 Å². The van der Waals surface area contributed by atoms with E-state index in [-0.39, 0.29) is 11.7 Å². The van der Waals surface area contributed by atoms with E-state index in [1.54, 1.807) is 23.1 Å². The predicted molar refractivity (Wildman–Crippen MR) is 58.9 cm³/mol. The Balaban J connectivity index is 2.24. The molecule has 0 spiro atoms. The molecule has 3 heteroatoms. The van der Waals surface area contributed by atoms with E-state index in [2.05, 4.69) is 0 Å². The van der Waals surface area contributed by atoms with Gasteiger partial charge in [-0.3, -0.25) is 4.79 Å². The maximum atomic E-state index is 11.8. The third kappa shape index (κ3) is 2.29. The number of carbonyl (C=O) groups excluding carboxylic acids is 1. The maximum Gasteiger partial charge on any atom is 0.226 e. The van der Waals surface area contributed by atoms with Crippen molar-refractivity contribution in [2.24, 2.45) is 0 Å². The Hall–Kier alpha value is -1.51. The molecule has 80 valence electrons. The molecule has 1 N–H and O–H groups in total. The van der Waals surface area contributed by atoms with Crippen LogP contribution < -0.4 is 4.90 Å². The first-order chi connectivity index (χ1) is 7.27. The normalized spacial score (nSPS) is 17.6. The number of aromatic hydroxyl groups is 1.